The zero-order valence-electron chi connectivity index (χ0n) is 12.9. The first-order valence-electron chi connectivity index (χ1n) is 7.02. The number of halogens is 1. The average molecular weight is 361 g/mol. The first-order chi connectivity index (χ1) is 11.8. The number of rotatable bonds is 3. The van der Waals surface area contributed by atoms with Crippen LogP contribution in [0.1, 0.15) is 10.4 Å². The molecule has 0 aliphatic rings. The predicted molar refractivity (Wildman–Crippen MR) is 88.3 cm³/mol. The fourth-order valence-electron chi connectivity index (χ4n) is 2.23. The highest BCUT2D eigenvalue weighted by Gasteiger charge is 2.13. The molecule has 0 saturated carbocycles. The molecular weight excluding hydrogens is 349 g/mol. The number of benzene rings is 2. The van der Waals surface area contributed by atoms with Gasteiger partial charge < -0.3 is 10.1 Å². The highest BCUT2D eigenvalue weighted by Crippen LogP contribution is 2.35. The van der Waals surface area contributed by atoms with Crippen molar-refractivity contribution in [3.05, 3.63) is 53.8 Å². The highest BCUT2D eigenvalue weighted by atomic mass is 32.2. The Labute approximate surface area is 141 Å². The van der Waals surface area contributed by atoms with Crippen molar-refractivity contribution in [2.24, 2.45) is 10.2 Å². The molecular formula is C16H12FN3O4S. The van der Waals surface area contributed by atoms with Crippen LogP contribution in [-0.4, -0.2) is 30.7 Å². The van der Waals surface area contributed by atoms with Crippen LogP contribution in [0.25, 0.3) is 10.9 Å². The Bertz CT molecular complexity index is 1100. The summed E-state index contributed by atoms with van der Waals surface area (Å²) in [4.78, 5) is 14.7. The Morgan fingerprint density at radius 1 is 1.16 bits per heavy atom. The van der Waals surface area contributed by atoms with Crippen LogP contribution >= 0.6 is 0 Å². The maximum absolute atomic E-state index is 13.3. The van der Waals surface area contributed by atoms with Crippen molar-refractivity contribution in [1.29, 1.82) is 0 Å². The number of aromatic nitrogens is 1. The number of fused-ring (bicyclic) bond motifs is 1. The molecule has 9 heteroatoms. The molecule has 0 spiro atoms. The number of hydrogen-bond acceptors (Lipinski definition) is 5. The molecule has 3 rings (SSSR count). The van der Waals surface area contributed by atoms with Crippen molar-refractivity contribution in [2.45, 2.75) is 4.90 Å². The van der Waals surface area contributed by atoms with E-state index >= 15 is 0 Å². The maximum atomic E-state index is 13.3. The van der Waals surface area contributed by atoms with E-state index in [-0.39, 0.29) is 27.4 Å². The fraction of sp³-hybridized carbons (Fsp3) is 0.0625. The third-order valence-corrected chi connectivity index (χ3v) is 4.61. The summed E-state index contributed by atoms with van der Waals surface area (Å²) in [6, 6.07) is 9.00. The monoisotopic (exact) mass is 361 g/mol. The Balaban J connectivity index is 1.91. The standard InChI is InChI=1S/C16H12FN3O4S/c1-25(23,24)11-5-2-9(3-6-11)15(21)20-19-14-12-8-10(17)4-7-13(12)18-16(14)22/h2-8,18,22H,1H3. The van der Waals surface area contributed by atoms with Gasteiger partial charge in [0.15, 0.2) is 15.5 Å². The van der Waals surface area contributed by atoms with Crippen molar-refractivity contribution >= 4 is 32.3 Å². The van der Waals surface area contributed by atoms with Crippen LogP contribution in [0.4, 0.5) is 10.1 Å². The van der Waals surface area contributed by atoms with Gasteiger partial charge in [-0.25, -0.2) is 12.8 Å². The van der Waals surface area contributed by atoms with E-state index in [0.29, 0.717) is 5.52 Å². The molecule has 0 unspecified atom stereocenters. The van der Waals surface area contributed by atoms with Gasteiger partial charge in [-0.05, 0) is 42.5 Å². The first-order valence-corrected chi connectivity index (χ1v) is 8.91. The molecule has 2 aromatic carbocycles. The molecule has 0 aliphatic heterocycles. The van der Waals surface area contributed by atoms with Crippen molar-refractivity contribution < 1.29 is 22.7 Å². The van der Waals surface area contributed by atoms with Crippen molar-refractivity contribution in [2.75, 3.05) is 6.26 Å². The van der Waals surface area contributed by atoms with Crippen LogP contribution < -0.4 is 0 Å². The van der Waals surface area contributed by atoms with Gasteiger partial charge in [0.25, 0.3) is 5.91 Å². The number of hydrogen-bond donors (Lipinski definition) is 2. The lowest BCUT2D eigenvalue weighted by Crippen LogP contribution is -1.99. The number of nitrogens with one attached hydrogen (secondary N) is 1. The molecule has 3 aromatic rings. The summed E-state index contributed by atoms with van der Waals surface area (Å²) in [5.74, 6) is -1.60. The second-order valence-corrected chi connectivity index (χ2v) is 7.33. The number of nitrogens with zero attached hydrogens (tertiary/aromatic N) is 2. The molecule has 0 aliphatic carbocycles. The molecule has 1 heterocycles. The van der Waals surface area contributed by atoms with Gasteiger partial charge in [-0.3, -0.25) is 4.79 Å². The van der Waals surface area contributed by atoms with Crippen molar-refractivity contribution in [1.82, 2.24) is 4.98 Å². The molecule has 7 nitrogen and oxygen atoms in total. The SMILES string of the molecule is CS(=O)(=O)c1ccc(C(=O)N=Nc2c(O)[nH]c3ccc(F)cc23)cc1. The summed E-state index contributed by atoms with van der Waals surface area (Å²) in [6.45, 7) is 0. The van der Waals surface area contributed by atoms with Gasteiger partial charge in [0.05, 0.1) is 10.4 Å². The van der Waals surface area contributed by atoms with Gasteiger partial charge in [-0.15, -0.1) is 10.2 Å². The van der Waals surface area contributed by atoms with Gasteiger partial charge >= 0.3 is 0 Å². The van der Waals surface area contributed by atoms with E-state index in [9.17, 15) is 22.7 Å². The molecule has 2 N–H and O–H groups in total. The van der Waals surface area contributed by atoms with E-state index in [1.54, 1.807) is 0 Å². The van der Waals surface area contributed by atoms with Crippen molar-refractivity contribution in [3.8, 4) is 5.88 Å². The number of amides is 1. The van der Waals surface area contributed by atoms with E-state index in [1.165, 1.54) is 36.4 Å². The predicted octanol–water partition coefficient (Wildman–Crippen LogP) is 3.34. The number of H-pyrrole nitrogens is 1. The van der Waals surface area contributed by atoms with Crippen LogP contribution in [0, 0.1) is 5.82 Å². The zero-order chi connectivity index (χ0) is 18.2. The van der Waals surface area contributed by atoms with E-state index in [1.807, 2.05) is 0 Å². The molecule has 1 amide bonds. The quantitative estimate of drug-likeness (QED) is 0.697. The summed E-state index contributed by atoms with van der Waals surface area (Å²) in [7, 11) is -3.37. The Morgan fingerprint density at radius 2 is 1.84 bits per heavy atom. The Kier molecular flexibility index (Phi) is 4.09. The highest BCUT2D eigenvalue weighted by molar-refractivity contribution is 7.90. The van der Waals surface area contributed by atoms with Crippen LogP contribution in [0.3, 0.4) is 0 Å². The topological polar surface area (TPSA) is 112 Å². The largest absolute Gasteiger partial charge is 0.493 e. The van der Waals surface area contributed by atoms with Gasteiger partial charge in [-0.1, -0.05) is 0 Å². The minimum absolute atomic E-state index is 0.0596. The van der Waals surface area contributed by atoms with Crippen LogP contribution in [0.2, 0.25) is 0 Å². The molecule has 1 aromatic heterocycles. The third kappa shape index (κ3) is 3.41. The lowest BCUT2D eigenvalue weighted by Gasteiger charge is -1.99. The van der Waals surface area contributed by atoms with Gasteiger partial charge in [0.2, 0.25) is 5.88 Å². The molecule has 0 fully saturated rings. The van der Waals surface area contributed by atoms with E-state index in [2.05, 4.69) is 15.2 Å². The summed E-state index contributed by atoms with van der Waals surface area (Å²) < 4.78 is 36.1. The van der Waals surface area contributed by atoms with Crippen molar-refractivity contribution in [3.63, 3.8) is 0 Å². The van der Waals surface area contributed by atoms with Crippen LogP contribution in [0.5, 0.6) is 5.88 Å². The second-order valence-electron chi connectivity index (χ2n) is 5.31. The molecule has 0 bridgehead atoms. The normalized spacial score (nSPS) is 12.1. The molecule has 0 radical (unpaired) electrons. The lowest BCUT2D eigenvalue weighted by molar-refractivity contribution is 0.0995. The first kappa shape index (κ1) is 16.8. The number of aromatic amines is 1. The molecule has 25 heavy (non-hydrogen) atoms. The van der Waals surface area contributed by atoms with E-state index in [0.717, 1.165) is 12.3 Å². The number of carbonyl (C=O) groups excluding carboxylic acids is 1. The number of sulfone groups is 1. The summed E-state index contributed by atoms with van der Waals surface area (Å²) in [6.07, 6.45) is 1.06. The maximum Gasteiger partial charge on any atom is 0.295 e. The lowest BCUT2D eigenvalue weighted by atomic mass is 10.2. The number of aromatic hydroxyl groups is 1. The number of carbonyl (C=O) groups is 1. The van der Waals surface area contributed by atoms with Gasteiger partial charge in [0.1, 0.15) is 5.82 Å². The summed E-state index contributed by atoms with van der Waals surface area (Å²) in [5.41, 5.74) is 0.509. The van der Waals surface area contributed by atoms with Crippen LogP contribution in [0.15, 0.2) is 57.6 Å². The molecule has 0 saturated heterocycles. The molecule has 0 atom stereocenters. The summed E-state index contributed by atoms with van der Waals surface area (Å²) in [5, 5.41) is 17.3. The van der Waals surface area contributed by atoms with E-state index < -0.39 is 21.6 Å². The van der Waals surface area contributed by atoms with E-state index in [4.69, 9.17) is 0 Å². The summed E-state index contributed by atoms with van der Waals surface area (Å²) >= 11 is 0. The second kappa shape index (κ2) is 6.10. The van der Waals surface area contributed by atoms with Crippen LogP contribution in [-0.2, 0) is 9.84 Å². The number of azo groups is 1. The minimum atomic E-state index is -3.37. The zero-order valence-corrected chi connectivity index (χ0v) is 13.7. The Morgan fingerprint density at radius 3 is 2.48 bits per heavy atom. The van der Waals surface area contributed by atoms with Gasteiger partial charge in [-0.2, -0.15) is 0 Å². The Hall–Kier alpha value is -3.07. The smallest absolute Gasteiger partial charge is 0.295 e. The van der Waals surface area contributed by atoms with Gasteiger partial charge in [0, 0.05) is 17.2 Å². The average Bonchev–Trinajstić information content (AvgIpc) is 2.86. The fourth-order valence-corrected chi connectivity index (χ4v) is 2.87. The minimum Gasteiger partial charge on any atom is -0.493 e. The molecule has 128 valence electrons. The third-order valence-electron chi connectivity index (χ3n) is 3.48.